The Labute approximate surface area is 134 Å². The van der Waals surface area contributed by atoms with E-state index in [4.69, 9.17) is 11.6 Å². The SMILES string of the molecule is Cc1ccc(NC(=O)C2(n3cccn3)CCNCC2)c(Cl)c1. The molecular formula is C16H19ClN4O. The number of carbonyl (C=O) groups excluding carboxylic acids is 1. The summed E-state index contributed by atoms with van der Waals surface area (Å²) >= 11 is 6.23. The van der Waals surface area contributed by atoms with E-state index in [9.17, 15) is 4.79 Å². The Bertz CT molecular complexity index is 663. The summed E-state index contributed by atoms with van der Waals surface area (Å²) in [5.41, 5.74) is 1.04. The van der Waals surface area contributed by atoms with Crippen LogP contribution in [0.2, 0.25) is 5.02 Å². The molecule has 0 spiro atoms. The van der Waals surface area contributed by atoms with Crippen molar-refractivity contribution in [2.45, 2.75) is 25.3 Å². The minimum Gasteiger partial charge on any atom is -0.323 e. The molecule has 1 amide bonds. The quantitative estimate of drug-likeness (QED) is 0.914. The van der Waals surface area contributed by atoms with Gasteiger partial charge in [0, 0.05) is 12.4 Å². The number of piperidine rings is 1. The predicted molar refractivity (Wildman–Crippen MR) is 87.1 cm³/mol. The van der Waals surface area contributed by atoms with Crippen molar-refractivity contribution in [2.24, 2.45) is 0 Å². The molecule has 0 radical (unpaired) electrons. The molecule has 2 heterocycles. The number of halogens is 1. The Morgan fingerprint density at radius 2 is 2.18 bits per heavy atom. The first-order chi connectivity index (χ1) is 10.6. The summed E-state index contributed by atoms with van der Waals surface area (Å²) in [5, 5.41) is 11.1. The number of carbonyl (C=O) groups is 1. The predicted octanol–water partition coefficient (Wildman–Crippen LogP) is 2.56. The first-order valence-electron chi connectivity index (χ1n) is 7.40. The molecule has 0 atom stereocenters. The van der Waals surface area contributed by atoms with Crippen LogP contribution in [0.1, 0.15) is 18.4 Å². The lowest BCUT2D eigenvalue weighted by atomic mass is 9.87. The van der Waals surface area contributed by atoms with Crippen LogP contribution in [0.25, 0.3) is 0 Å². The number of rotatable bonds is 3. The second-order valence-corrected chi connectivity index (χ2v) is 6.08. The maximum Gasteiger partial charge on any atom is 0.252 e. The maximum atomic E-state index is 13.0. The van der Waals surface area contributed by atoms with Crippen molar-refractivity contribution >= 4 is 23.2 Å². The van der Waals surface area contributed by atoms with Crippen molar-refractivity contribution in [3.05, 3.63) is 47.2 Å². The summed E-state index contributed by atoms with van der Waals surface area (Å²) in [4.78, 5) is 13.0. The number of nitrogens with zero attached hydrogens (tertiary/aromatic N) is 2. The van der Waals surface area contributed by atoms with Crippen LogP contribution in [0.4, 0.5) is 5.69 Å². The molecule has 0 aliphatic carbocycles. The second kappa shape index (κ2) is 6.10. The summed E-state index contributed by atoms with van der Waals surface area (Å²) in [5.74, 6) is -0.0662. The number of aromatic nitrogens is 2. The fourth-order valence-electron chi connectivity index (χ4n) is 2.88. The molecule has 1 aromatic heterocycles. The molecule has 0 unspecified atom stereocenters. The van der Waals surface area contributed by atoms with Gasteiger partial charge in [-0.25, -0.2) is 0 Å². The molecule has 0 bridgehead atoms. The van der Waals surface area contributed by atoms with E-state index in [2.05, 4.69) is 15.7 Å². The van der Waals surface area contributed by atoms with Crippen LogP contribution < -0.4 is 10.6 Å². The van der Waals surface area contributed by atoms with E-state index in [1.807, 2.05) is 37.4 Å². The highest BCUT2D eigenvalue weighted by molar-refractivity contribution is 6.33. The molecule has 1 saturated heterocycles. The normalized spacial score (nSPS) is 17.2. The highest BCUT2D eigenvalue weighted by Gasteiger charge is 2.42. The van der Waals surface area contributed by atoms with Crippen LogP contribution in [0, 0.1) is 6.92 Å². The lowest BCUT2D eigenvalue weighted by Gasteiger charge is -2.36. The maximum absolute atomic E-state index is 13.0. The van der Waals surface area contributed by atoms with E-state index in [0.717, 1.165) is 18.7 Å². The van der Waals surface area contributed by atoms with E-state index in [-0.39, 0.29) is 5.91 Å². The molecule has 1 aromatic carbocycles. The van der Waals surface area contributed by atoms with Crippen molar-refractivity contribution in [3.8, 4) is 0 Å². The summed E-state index contributed by atoms with van der Waals surface area (Å²) in [6.45, 7) is 3.54. The third kappa shape index (κ3) is 2.74. The van der Waals surface area contributed by atoms with Gasteiger partial charge < -0.3 is 10.6 Å². The molecule has 2 aromatic rings. The molecule has 1 aliphatic rings. The van der Waals surface area contributed by atoms with Gasteiger partial charge >= 0.3 is 0 Å². The van der Waals surface area contributed by atoms with Gasteiger partial charge in [-0.2, -0.15) is 5.10 Å². The van der Waals surface area contributed by atoms with E-state index in [0.29, 0.717) is 23.6 Å². The molecule has 6 heteroatoms. The first-order valence-corrected chi connectivity index (χ1v) is 7.78. The zero-order chi connectivity index (χ0) is 15.6. The highest BCUT2D eigenvalue weighted by atomic mass is 35.5. The van der Waals surface area contributed by atoms with E-state index in [1.54, 1.807) is 10.9 Å². The summed E-state index contributed by atoms with van der Waals surface area (Å²) in [6, 6.07) is 7.47. The monoisotopic (exact) mass is 318 g/mol. The average molecular weight is 319 g/mol. The van der Waals surface area contributed by atoms with Crippen molar-refractivity contribution < 1.29 is 4.79 Å². The minimum absolute atomic E-state index is 0.0662. The van der Waals surface area contributed by atoms with Crippen LogP contribution in [-0.4, -0.2) is 28.8 Å². The van der Waals surface area contributed by atoms with Crippen LogP contribution in [0.5, 0.6) is 0 Å². The third-order valence-electron chi connectivity index (χ3n) is 4.17. The Hall–Kier alpha value is -1.85. The van der Waals surface area contributed by atoms with Gasteiger partial charge in [0.1, 0.15) is 5.54 Å². The van der Waals surface area contributed by atoms with Crippen molar-refractivity contribution in [1.29, 1.82) is 0 Å². The van der Waals surface area contributed by atoms with Gasteiger partial charge in [-0.1, -0.05) is 17.7 Å². The van der Waals surface area contributed by atoms with Gasteiger partial charge in [-0.3, -0.25) is 9.48 Å². The Morgan fingerprint density at radius 3 is 2.82 bits per heavy atom. The van der Waals surface area contributed by atoms with Gasteiger partial charge in [0.2, 0.25) is 0 Å². The molecular weight excluding hydrogens is 300 g/mol. The van der Waals surface area contributed by atoms with Crippen LogP contribution in [0.3, 0.4) is 0 Å². The molecule has 1 aliphatic heterocycles. The molecule has 3 rings (SSSR count). The average Bonchev–Trinajstić information content (AvgIpc) is 3.05. The second-order valence-electron chi connectivity index (χ2n) is 5.67. The van der Waals surface area contributed by atoms with Crippen molar-refractivity contribution in [1.82, 2.24) is 15.1 Å². The topological polar surface area (TPSA) is 59.0 Å². The summed E-state index contributed by atoms with van der Waals surface area (Å²) in [7, 11) is 0. The number of anilines is 1. The van der Waals surface area contributed by atoms with Crippen LogP contribution in [-0.2, 0) is 10.3 Å². The van der Waals surface area contributed by atoms with E-state index in [1.165, 1.54) is 0 Å². The molecule has 1 fully saturated rings. The zero-order valence-corrected chi connectivity index (χ0v) is 13.2. The lowest BCUT2D eigenvalue weighted by Crippen LogP contribution is -2.52. The Kier molecular flexibility index (Phi) is 4.18. The fraction of sp³-hybridized carbons (Fsp3) is 0.375. The van der Waals surface area contributed by atoms with Gasteiger partial charge in [-0.15, -0.1) is 0 Å². The van der Waals surface area contributed by atoms with Gasteiger partial charge in [0.25, 0.3) is 5.91 Å². The first kappa shape index (κ1) is 15.1. The molecule has 116 valence electrons. The number of amides is 1. The lowest BCUT2D eigenvalue weighted by molar-refractivity contribution is -0.126. The largest absolute Gasteiger partial charge is 0.323 e. The molecule has 2 N–H and O–H groups in total. The van der Waals surface area contributed by atoms with Crippen LogP contribution in [0.15, 0.2) is 36.7 Å². The van der Waals surface area contributed by atoms with Crippen molar-refractivity contribution in [2.75, 3.05) is 18.4 Å². The molecule has 0 saturated carbocycles. The highest BCUT2D eigenvalue weighted by Crippen LogP contribution is 2.30. The van der Waals surface area contributed by atoms with Crippen LogP contribution >= 0.6 is 11.6 Å². The molecule has 22 heavy (non-hydrogen) atoms. The molecule has 5 nitrogen and oxygen atoms in total. The van der Waals surface area contributed by atoms with Gasteiger partial charge in [-0.05, 0) is 56.6 Å². The van der Waals surface area contributed by atoms with Crippen molar-refractivity contribution in [3.63, 3.8) is 0 Å². The number of hydrogen-bond donors (Lipinski definition) is 2. The number of hydrogen-bond acceptors (Lipinski definition) is 3. The third-order valence-corrected chi connectivity index (χ3v) is 4.48. The van der Waals surface area contributed by atoms with E-state index >= 15 is 0 Å². The standard InChI is InChI=1S/C16H19ClN4O/c1-12-3-4-14(13(17)11-12)20-15(22)16(5-8-18-9-6-16)21-10-2-7-19-21/h2-4,7,10-11,18H,5-6,8-9H2,1H3,(H,20,22). The van der Waals surface area contributed by atoms with Gasteiger partial charge in [0.15, 0.2) is 0 Å². The number of aryl methyl sites for hydroxylation is 1. The Balaban J connectivity index is 1.90. The van der Waals surface area contributed by atoms with E-state index < -0.39 is 5.54 Å². The number of benzene rings is 1. The zero-order valence-electron chi connectivity index (χ0n) is 12.5. The smallest absolute Gasteiger partial charge is 0.252 e. The van der Waals surface area contributed by atoms with Gasteiger partial charge in [0.05, 0.1) is 10.7 Å². The number of nitrogens with one attached hydrogen (secondary N) is 2. The summed E-state index contributed by atoms with van der Waals surface area (Å²) < 4.78 is 1.77. The fourth-order valence-corrected chi connectivity index (χ4v) is 3.17. The minimum atomic E-state index is -0.664. The Morgan fingerprint density at radius 1 is 1.41 bits per heavy atom. The summed E-state index contributed by atoms with van der Waals surface area (Å²) in [6.07, 6.45) is 4.95.